The maximum atomic E-state index is 13.8. The lowest BCUT2D eigenvalue weighted by atomic mass is 9.86. The van der Waals surface area contributed by atoms with Crippen LogP contribution in [-0.2, 0) is 17.6 Å². The van der Waals surface area contributed by atoms with E-state index in [1.807, 2.05) is 0 Å². The maximum absolute atomic E-state index is 13.8. The second-order valence-electron chi connectivity index (χ2n) is 8.48. The summed E-state index contributed by atoms with van der Waals surface area (Å²) in [5, 5.41) is 6.28. The molecule has 0 aliphatic heterocycles. The third-order valence-corrected chi connectivity index (χ3v) is 6.48. The number of nitrogens with one attached hydrogen (secondary N) is 1. The third-order valence-electron chi connectivity index (χ3n) is 6.01. The first kappa shape index (κ1) is 23.1. The molecule has 170 valence electrons. The molecule has 6 nitrogen and oxygen atoms in total. The van der Waals surface area contributed by atoms with Gasteiger partial charge >= 0.3 is 0 Å². The highest BCUT2D eigenvalue weighted by molar-refractivity contribution is 7.27. The van der Waals surface area contributed by atoms with Crippen LogP contribution in [0.3, 0.4) is 0 Å². The molecule has 1 heterocycles. The standard InChI is InChI=1S/C25H26FN4O2P/c26-20-12-17(6-11-23(20)33)14-24(31)29-25-21(13-16-4-2-1-3-5-16)28-22(15-27-25)18-7-9-19(30-32)10-8-18/h6-12,15-16H,1-5,13-14,33H2,(H,27,29,31). The van der Waals surface area contributed by atoms with Crippen molar-refractivity contribution in [1.29, 1.82) is 0 Å². The molecule has 0 bridgehead atoms. The third kappa shape index (κ3) is 6.05. The van der Waals surface area contributed by atoms with Crippen molar-refractivity contribution in [3.8, 4) is 11.3 Å². The molecule has 1 fully saturated rings. The van der Waals surface area contributed by atoms with Crippen LogP contribution in [0.25, 0.3) is 11.3 Å². The zero-order chi connectivity index (χ0) is 23.2. The molecule has 0 radical (unpaired) electrons. The number of carbonyl (C=O) groups is 1. The normalized spacial score (nSPS) is 14.1. The summed E-state index contributed by atoms with van der Waals surface area (Å²) in [5.41, 5.74) is 3.19. The van der Waals surface area contributed by atoms with Crippen molar-refractivity contribution in [1.82, 2.24) is 9.97 Å². The van der Waals surface area contributed by atoms with Gasteiger partial charge in [0.1, 0.15) is 11.5 Å². The van der Waals surface area contributed by atoms with Crippen LogP contribution >= 0.6 is 9.24 Å². The minimum atomic E-state index is -0.358. The minimum absolute atomic E-state index is 0.0499. The zero-order valence-corrected chi connectivity index (χ0v) is 19.4. The van der Waals surface area contributed by atoms with Gasteiger partial charge in [-0.3, -0.25) is 4.79 Å². The fourth-order valence-corrected chi connectivity index (χ4v) is 4.39. The summed E-state index contributed by atoms with van der Waals surface area (Å²) in [6.45, 7) is 0. The van der Waals surface area contributed by atoms with Gasteiger partial charge in [0.2, 0.25) is 5.91 Å². The summed E-state index contributed by atoms with van der Waals surface area (Å²) >= 11 is 0. The van der Waals surface area contributed by atoms with Crippen LogP contribution in [0.4, 0.5) is 15.9 Å². The van der Waals surface area contributed by atoms with Crippen LogP contribution in [0.5, 0.6) is 0 Å². The van der Waals surface area contributed by atoms with Crippen molar-refractivity contribution in [2.75, 3.05) is 5.32 Å². The molecule has 1 saturated carbocycles. The van der Waals surface area contributed by atoms with Gasteiger partial charge in [0.15, 0.2) is 5.82 Å². The molecular weight excluding hydrogens is 438 g/mol. The lowest BCUT2D eigenvalue weighted by molar-refractivity contribution is -0.115. The lowest BCUT2D eigenvalue weighted by Gasteiger charge is -2.22. The van der Waals surface area contributed by atoms with E-state index in [-0.39, 0.29) is 18.1 Å². The highest BCUT2D eigenvalue weighted by atomic mass is 31.0. The number of rotatable bonds is 7. The van der Waals surface area contributed by atoms with Gasteiger partial charge < -0.3 is 5.32 Å². The van der Waals surface area contributed by atoms with E-state index in [1.165, 1.54) is 25.3 Å². The van der Waals surface area contributed by atoms with Crippen LogP contribution in [0.2, 0.25) is 0 Å². The van der Waals surface area contributed by atoms with E-state index in [2.05, 4.69) is 24.7 Å². The maximum Gasteiger partial charge on any atom is 0.229 e. The Morgan fingerprint density at radius 2 is 1.88 bits per heavy atom. The van der Waals surface area contributed by atoms with Crippen molar-refractivity contribution < 1.29 is 9.18 Å². The monoisotopic (exact) mass is 464 g/mol. The molecule has 33 heavy (non-hydrogen) atoms. The summed E-state index contributed by atoms with van der Waals surface area (Å²) < 4.78 is 13.8. The number of anilines is 1. The van der Waals surface area contributed by atoms with Gasteiger partial charge in [-0.1, -0.05) is 56.4 Å². The molecule has 1 amide bonds. The number of hydrogen-bond donors (Lipinski definition) is 1. The fraction of sp³-hybridized carbons (Fsp3) is 0.320. The summed E-state index contributed by atoms with van der Waals surface area (Å²) in [5.74, 6) is 0.329. The number of hydrogen-bond acceptors (Lipinski definition) is 5. The molecule has 1 atom stereocenters. The van der Waals surface area contributed by atoms with E-state index in [1.54, 1.807) is 42.6 Å². The number of aromatic nitrogens is 2. The van der Waals surface area contributed by atoms with E-state index in [4.69, 9.17) is 4.98 Å². The molecule has 0 spiro atoms. The Labute approximate surface area is 194 Å². The highest BCUT2D eigenvalue weighted by Crippen LogP contribution is 2.29. The summed E-state index contributed by atoms with van der Waals surface area (Å²) in [6, 6.07) is 11.6. The number of carbonyl (C=O) groups excluding carboxylic acids is 1. The Kier molecular flexibility index (Phi) is 7.50. The van der Waals surface area contributed by atoms with Gasteiger partial charge in [0.25, 0.3) is 0 Å². The Morgan fingerprint density at radius 3 is 2.58 bits per heavy atom. The predicted molar refractivity (Wildman–Crippen MR) is 131 cm³/mol. The van der Waals surface area contributed by atoms with Crippen molar-refractivity contribution in [3.63, 3.8) is 0 Å². The molecule has 8 heteroatoms. The van der Waals surface area contributed by atoms with Crippen LogP contribution in [-0.4, -0.2) is 15.9 Å². The summed E-state index contributed by atoms with van der Waals surface area (Å²) in [6.07, 6.45) is 8.35. The SMILES string of the molecule is O=Nc1ccc(-c2cnc(NC(=O)Cc3ccc(P)c(F)c3)c(CC3CCCCC3)n2)cc1. The molecule has 0 saturated heterocycles. The van der Waals surface area contributed by atoms with Crippen LogP contribution < -0.4 is 10.6 Å². The van der Waals surface area contributed by atoms with Crippen molar-refractivity contribution in [2.45, 2.75) is 44.9 Å². The van der Waals surface area contributed by atoms with Gasteiger partial charge in [-0.2, -0.15) is 0 Å². The van der Waals surface area contributed by atoms with Crippen LogP contribution in [0.1, 0.15) is 43.4 Å². The highest BCUT2D eigenvalue weighted by Gasteiger charge is 2.19. The van der Waals surface area contributed by atoms with E-state index in [0.29, 0.717) is 34.0 Å². The van der Waals surface area contributed by atoms with E-state index in [9.17, 15) is 14.1 Å². The fourth-order valence-electron chi connectivity index (χ4n) is 4.21. The van der Waals surface area contributed by atoms with Gasteiger partial charge in [-0.15, -0.1) is 14.1 Å². The largest absolute Gasteiger partial charge is 0.309 e. The second-order valence-corrected chi connectivity index (χ2v) is 9.10. The topological polar surface area (TPSA) is 84.3 Å². The smallest absolute Gasteiger partial charge is 0.229 e. The van der Waals surface area contributed by atoms with E-state index in [0.717, 1.165) is 30.5 Å². The molecule has 1 N–H and O–H groups in total. The molecule has 1 unspecified atom stereocenters. The second kappa shape index (κ2) is 10.7. The molecule has 4 rings (SSSR count). The average Bonchev–Trinajstić information content (AvgIpc) is 2.83. The number of benzene rings is 2. The molecule has 1 aliphatic rings. The summed E-state index contributed by atoms with van der Waals surface area (Å²) in [4.78, 5) is 32.8. The quantitative estimate of drug-likeness (QED) is 0.370. The van der Waals surface area contributed by atoms with Crippen LogP contribution in [0, 0.1) is 16.6 Å². The zero-order valence-electron chi connectivity index (χ0n) is 18.3. The molecule has 1 aliphatic carbocycles. The average molecular weight is 464 g/mol. The first-order chi connectivity index (χ1) is 16.0. The van der Waals surface area contributed by atoms with Crippen LogP contribution in [0.15, 0.2) is 53.8 Å². The molecule has 2 aromatic carbocycles. The van der Waals surface area contributed by atoms with Crippen molar-refractivity contribution in [3.05, 3.63) is 70.6 Å². The minimum Gasteiger partial charge on any atom is -0.309 e. The van der Waals surface area contributed by atoms with E-state index < -0.39 is 0 Å². The van der Waals surface area contributed by atoms with Gasteiger partial charge in [0, 0.05) is 10.9 Å². The van der Waals surface area contributed by atoms with Crippen molar-refractivity contribution in [2.24, 2.45) is 11.1 Å². The Bertz CT molecular complexity index is 1150. The Hall–Kier alpha value is -3.05. The Morgan fingerprint density at radius 1 is 1.12 bits per heavy atom. The van der Waals surface area contributed by atoms with Gasteiger partial charge in [0.05, 0.1) is 24.0 Å². The number of halogens is 1. The van der Waals surface area contributed by atoms with Gasteiger partial charge in [-0.05, 0) is 41.3 Å². The molecule has 1 aromatic heterocycles. The molecule has 3 aromatic rings. The Balaban J connectivity index is 1.57. The first-order valence-corrected chi connectivity index (χ1v) is 11.7. The predicted octanol–water partition coefficient (Wildman–Crippen LogP) is 5.49. The number of nitroso groups, excluding NO2 is 1. The number of nitrogens with zero attached hydrogens (tertiary/aromatic N) is 3. The summed E-state index contributed by atoms with van der Waals surface area (Å²) in [7, 11) is 2.33. The van der Waals surface area contributed by atoms with E-state index >= 15 is 0 Å². The van der Waals surface area contributed by atoms with Crippen molar-refractivity contribution >= 4 is 32.0 Å². The lowest BCUT2D eigenvalue weighted by Crippen LogP contribution is -2.19. The van der Waals surface area contributed by atoms with Gasteiger partial charge in [-0.25, -0.2) is 14.4 Å². The number of amides is 1. The molecular formula is C25H26FN4O2P. The first-order valence-electron chi connectivity index (χ1n) is 11.2.